The van der Waals surface area contributed by atoms with E-state index in [1.807, 2.05) is 13.8 Å². The lowest BCUT2D eigenvalue weighted by Gasteiger charge is -2.15. The zero-order valence-corrected chi connectivity index (χ0v) is 10.9. The second-order valence-electron chi connectivity index (χ2n) is 4.21. The fraction of sp³-hybridized carbons (Fsp3) is 0.429. The Kier molecular flexibility index (Phi) is 4.33. The molecule has 0 aromatic rings. The van der Waals surface area contributed by atoms with Crippen molar-refractivity contribution in [1.29, 1.82) is 0 Å². The number of ether oxygens (including phenoxy) is 2. The lowest BCUT2D eigenvalue weighted by Crippen LogP contribution is -2.25. The SMILES string of the molecule is COC(=O)C1=CC(C#CC(C)C)(C(=O)OC)C=C1. The van der Waals surface area contributed by atoms with Crippen LogP contribution < -0.4 is 0 Å². The highest BCUT2D eigenvalue weighted by Crippen LogP contribution is 2.31. The van der Waals surface area contributed by atoms with Crippen LogP contribution in [-0.2, 0) is 19.1 Å². The van der Waals surface area contributed by atoms with Crippen LogP contribution in [0.5, 0.6) is 0 Å². The van der Waals surface area contributed by atoms with Gasteiger partial charge in [-0.2, -0.15) is 0 Å². The molecule has 0 aromatic carbocycles. The first kappa shape index (κ1) is 14.0. The molecule has 96 valence electrons. The first-order chi connectivity index (χ1) is 8.45. The topological polar surface area (TPSA) is 52.6 Å². The van der Waals surface area contributed by atoms with Crippen LogP contribution in [0.4, 0.5) is 0 Å². The molecule has 0 aromatic heterocycles. The summed E-state index contributed by atoms with van der Waals surface area (Å²) in [4.78, 5) is 23.2. The van der Waals surface area contributed by atoms with Crippen molar-refractivity contribution in [2.75, 3.05) is 14.2 Å². The second-order valence-corrected chi connectivity index (χ2v) is 4.21. The van der Waals surface area contributed by atoms with Crippen molar-refractivity contribution in [3.8, 4) is 11.8 Å². The monoisotopic (exact) mass is 248 g/mol. The van der Waals surface area contributed by atoms with Gasteiger partial charge in [-0.1, -0.05) is 31.8 Å². The zero-order valence-electron chi connectivity index (χ0n) is 10.9. The molecule has 0 N–H and O–H groups in total. The van der Waals surface area contributed by atoms with Gasteiger partial charge < -0.3 is 9.47 Å². The summed E-state index contributed by atoms with van der Waals surface area (Å²) in [6.07, 6.45) is 4.55. The van der Waals surface area contributed by atoms with E-state index in [9.17, 15) is 9.59 Å². The van der Waals surface area contributed by atoms with E-state index in [1.54, 1.807) is 6.08 Å². The molecule has 1 atom stereocenters. The number of methoxy groups -OCH3 is 2. The van der Waals surface area contributed by atoms with Gasteiger partial charge in [0.1, 0.15) is 0 Å². The molecule has 1 rings (SSSR count). The number of rotatable bonds is 2. The third-order valence-electron chi connectivity index (χ3n) is 2.42. The Morgan fingerprint density at radius 1 is 1.28 bits per heavy atom. The number of hydrogen-bond acceptors (Lipinski definition) is 4. The van der Waals surface area contributed by atoms with Gasteiger partial charge in [0.05, 0.1) is 19.8 Å². The van der Waals surface area contributed by atoms with E-state index in [4.69, 9.17) is 4.74 Å². The molecule has 0 bridgehead atoms. The molecule has 0 aliphatic heterocycles. The maximum absolute atomic E-state index is 11.8. The average Bonchev–Trinajstić information content (AvgIpc) is 2.80. The molecule has 4 nitrogen and oxygen atoms in total. The number of esters is 2. The molecule has 0 fully saturated rings. The Morgan fingerprint density at radius 3 is 2.44 bits per heavy atom. The number of carbonyl (C=O) groups is 2. The highest BCUT2D eigenvalue weighted by Gasteiger charge is 2.38. The molecule has 0 amide bonds. The summed E-state index contributed by atoms with van der Waals surface area (Å²) in [6.45, 7) is 3.84. The third-order valence-corrected chi connectivity index (χ3v) is 2.42. The lowest BCUT2D eigenvalue weighted by molar-refractivity contribution is -0.144. The first-order valence-electron chi connectivity index (χ1n) is 5.56. The van der Waals surface area contributed by atoms with Crippen LogP contribution in [0.2, 0.25) is 0 Å². The van der Waals surface area contributed by atoms with Gasteiger partial charge in [0.15, 0.2) is 5.41 Å². The van der Waals surface area contributed by atoms with Crippen LogP contribution in [0.3, 0.4) is 0 Å². The molecule has 0 saturated carbocycles. The van der Waals surface area contributed by atoms with Crippen molar-refractivity contribution in [2.24, 2.45) is 11.3 Å². The van der Waals surface area contributed by atoms with E-state index in [-0.39, 0.29) is 5.92 Å². The van der Waals surface area contributed by atoms with E-state index in [0.29, 0.717) is 5.57 Å². The van der Waals surface area contributed by atoms with Crippen molar-refractivity contribution in [3.63, 3.8) is 0 Å². The molecule has 1 unspecified atom stereocenters. The highest BCUT2D eigenvalue weighted by atomic mass is 16.5. The van der Waals surface area contributed by atoms with Crippen LogP contribution in [0.15, 0.2) is 23.8 Å². The predicted molar refractivity (Wildman–Crippen MR) is 66.3 cm³/mol. The molecule has 0 radical (unpaired) electrons. The van der Waals surface area contributed by atoms with Crippen molar-refractivity contribution in [3.05, 3.63) is 23.8 Å². The molecule has 0 saturated heterocycles. The molecular weight excluding hydrogens is 232 g/mol. The predicted octanol–water partition coefficient (Wildman–Crippen LogP) is 1.47. The number of carbonyl (C=O) groups excluding carboxylic acids is 2. The van der Waals surface area contributed by atoms with Gasteiger partial charge in [-0.05, 0) is 12.2 Å². The Bertz CT molecular complexity index is 474. The summed E-state index contributed by atoms with van der Waals surface area (Å²) in [6, 6.07) is 0. The molecular formula is C14H16O4. The third kappa shape index (κ3) is 2.80. The molecule has 4 heteroatoms. The highest BCUT2D eigenvalue weighted by molar-refractivity contribution is 5.97. The first-order valence-corrected chi connectivity index (χ1v) is 5.56. The second kappa shape index (κ2) is 5.54. The minimum atomic E-state index is -1.18. The van der Waals surface area contributed by atoms with Gasteiger partial charge in [-0.25, -0.2) is 9.59 Å². The standard InChI is InChI=1S/C14H16O4/c1-10(2)5-7-14(13(16)18-4)8-6-11(9-14)12(15)17-3/h6,8-10H,1-4H3. The van der Waals surface area contributed by atoms with Crippen LogP contribution in [-0.4, -0.2) is 26.2 Å². The van der Waals surface area contributed by atoms with E-state index in [2.05, 4.69) is 16.6 Å². The Morgan fingerprint density at radius 2 is 1.94 bits per heavy atom. The minimum Gasteiger partial charge on any atom is -0.467 e. The Balaban J connectivity index is 3.17. The van der Waals surface area contributed by atoms with E-state index < -0.39 is 17.4 Å². The van der Waals surface area contributed by atoms with E-state index in [0.717, 1.165) is 0 Å². The molecule has 1 aliphatic rings. The summed E-state index contributed by atoms with van der Waals surface area (Å²) >= 11 is 0. The van der Waals surface area contributed by atoms with Gasteiger partial charge in [-0.3, -0.25) is 0 Å². The summed E-state index contributed by atoms with van der Waals surface area (Å²) in [5, 5.41) is 0. The largest absolute Gasteiger partial charge is 0.467 e. The Labute approximate surface area is 107 Å². The Hall–Kier alpha value is -2.02. The fourth-order valence-corrected chi connectivity index (χ4v) is 1.50. The van der Waals surface area contributed by atoms with Crippen LogP contribution >= 0.6 is 0 Å². The van der Waals surface area contributed by atoms with Gasteiger partial charge >= 0.3 is 11.9 Å². The summed E-state index contributed by atoms with van der Waals surface area (Å²) in [7, 11) is 2.58. The van der Waals surface area contributed by atoms with Gasteiger partial charge in [0.25, 0.3) is 0 Å². The summed E-state index contributed by atoms with van der Waals surface area (Å²) < 4.78 is 9.35. The van der Waals surface area contributed by atoms with Gasteiger partial charge in [-0.15, -0.1) is 0 Å². The van der Waals surface area contributed by atoms with Gasteiger partial charge in [0, 0.05) is 5.92 Å². The smallest absolute Gasteiger partial charge is 0.337 e. The van der Waals surface area contributed by atoms with Crippen molar-refractivity contribution < 1.29 is 19.1 Å². The van der Waals surface area contributed by atoms with Crippen LogP contribution in [0.1, 0.15) is 13.8 Å². The zero-order chi connectivity index (χ0) is 13.8. The summed E-state index contributed by atoms with van der Waals surface area (Å²) in [5.41, 5.74) is -0.872. The normalized spacial score (nSPS) is 21.1. The van der Waals surface area contributed by atoms with Crippen LogP contribution in [0.25, 0.3) is 0 Å². The maximum Gasteiger partial charge on any atom is 0.337 e. The molecule has 0 spiro atoms. The minimum absolute atomic E-state index is 0.121. The quantitative estimate of drug-likeness (QED) is 0.548. The van der Waals surface area contributed by atoms with E-state index >= 15 is 0 Å². The van der Waals surface area contributed by atoms with Crippen molar-refractivity contribution >= 4 is 11.9 Å². The van der Waals surface area contributed by atoms with Gasteiger partial charge in [0.2, 0.25) is 0 Å². The average molecular weight is 248 g/mol. The fourth-order valence-electron chi connectivity index (χ4n) is 1.50. The van der Waals surface area contributed by atoms with Crippen molar-refractivity contribution in [1.82, 2.24) is 0 Å². The number of hydrogen-bond donors (Lipinski definition) is 0. The van der Waals surface area contributed by atoms with Crippen LogP contribution in [0, 0.1) is 23.2 Å². The molecule has 18 heavy (non-hydrogen) atoms. The van der Waals surface area contributed by atoms with Crippen molar-refractivity contribution in [2.45, 2.75) is 13.8 Å². The maximum atomic E-state index is 11.8. The summed E-state index contributed by atoms with van der Waals surface area (Å²) in [5.74, 6) is 4.90. The molecule has 0 heterocycles. The lowest BCUT2D eigenvalue weighted by atomic mass is 9.90. The molecule has 1 aliphatic carbocycles. The van der Waals surface area contributed by atoms with E-state index in [1.165, 1.54) is 26.4 Å².